The van der Waals surface area contributed by atoms with Crippen molar-refractivity contribution in [3.05, 3.63) is 53.6 Å². The number of fused-ring (bicyclic) bond motifs is 1. The molecule has 7 heteroatoms. The molecular formula is C24H31N3O4. The Morgan fingerprint density at radius 1 is 1.23 bits per heavy atom. The van der Waals surface area contributed by atoms with Gasteiger partial charge in [0, 0.05) is 50.5 Å². The van der Waals surface area contributed by atoms with E-state index in [-0.39, 0.29) is 18.1 Å². The highest BCUT2D eigenvalue weighted by Crippen LogP contribution is 2.40. The number of piperidine rings is 1. The van der Waals surface area contributed by atoms with Crippen LogP contribution in [0.2, 0.25) is 0 Å². The molecule has 1 fully saturated rings. The van der Waals surface area contributed by atoms with E-state index in [1.807, 2.05) is 6.07 Å². The minimum atomic E-state index is -0.405. The fourth-order valence-corrected chi connectivity index (χ4v) is 4.50. The van der Waals surface area contributed by atoms with Gasteiger partial charge in [-0.1, -0.05) is 24.3 Å². The van der Waals surface area contributed by atoms with Crippen LogP contribution in [0.15, 0.2) is 42.5 Å². The number of primary amides is 1. The van der Waals surface area contributed by atoms with Crippen LogP contribution in [0.5, 0.6) is 17.2 Å². The maximum Gasteiger partial charge on any atom is 0.221 e. The van der Waals surface area contributed by atoms with Crippen molar-refractivity contribution in [3.63, 3.8) is 0 Å². The molecule has 2 aromatic carbocycles. The number of methoxy groups -OCH3 is 1. The lowest BCUT2D eigenvalue weighted by Gasteiger charge is -2.39. The summed E-state index contributed by atoms with van der Waals surface area (Å²) < 4.78 is 17.5. The monoisotopic (exact) mass is 425 g/mol. The smallest absolute Gasteiger partial charge is 0.221 e. The van der Waals surface area contributed by atoms with Gasteiger partial charge in [0.2, 0.25) is 5.91 Å². The Bertz CT molecular complexity index is 898. The van der Waals surface area contributed by atoms with E-state index >= 15 is 0 Å². The third kappa shape index (κ3) is 5.11. The molecule has 0 saturated carbocycles. The Hall–Kier alpha value is -2.77. The standard InChI is InChI=1S/C24H31N3O4/c1-29-20-7-6-17(12-23(26)28)22(13-20)30-16-19(25)15-27-10-8-24(9-11-27)14-18-4-2-3-5-21(18)31-24/h2-7,13,19H,8-12,14-16,25H2,1H3,(H2,26,28)/t19-/m0/s1. The number of carbonyl (C=O) groups excluding carboxylic acids is 1. The van der Waals surface area contributed by atoms with Crippen LogP contribution in [-0.4, -0.2) is 55.8 Å². The fourth-order valence-electron chi connectivity index (χ4n) is 4.50. The number of likely N-dealkylation sites (tertiary alicyclic amines) is 1. The lowest BCUT2D eigenvalue weighted by Crippen LogP contribution is -2.51. The van der Waals surface area contributed by atoms with Gasteiger partial charge in [0.25, 0.3) is 0 Å². The summed E-state index contributed by atoms with van der Waals surface area (Å²) in [6.45, 7) is 3.00. The zero-order valence-electron chi connectivity index (χ0n) is 18.0. The SMILES string of the molecule is COc1ccc(CC(N)=O)c(OC[C@@H](N)CN2CCC3(CC2)Cc2ccccc2O3)c1. The van der Waals surface area contributed by atoms with Crippen LogP contribution < -0.4 is 25.7 Å². The van der Waals surface area contributed by atoms with Crippen LogP contribution >= 0.6 is 0 Å². The number of nitrogens with zero attached hydrogens (tertiary/aromatic N) is 1. The van der Waals surface area contributed by atoms with Gasteiger partial charge in [0.15, 0.2) is 0 Å². The molecule has 7 nitrogen and oxygen atoms in total. The van der Waals surface area contributed by atoms with Crippen molar-refractivity contribution >= 4 is 5.91 Å². The topological polar surface area (TPSA) is 100 Å². The van der Waals surface area contributed by atoms with Crippen molar-refractivity contribution in [2.45, 2.75) is 37.3 Å². The number of nitrogens with two attached hydrogens (primary N) is 2. The van der Waals surface area contributed by atoms with Gasteiger partial charge in [0.05, 0.1) is 19.6 Å². The molecule has 0 radical (unpaired) electrons. The summed E-state index contributed by atoms with van der Waals surface area (Å²) in [5.41, 5.74) is 13.7. The maximum atomic E-state index is 11.3. The molecule has 1 amide bonds. The van der Waals surface area contributed by atoms with Crippen molar-refractivity contribution in [1.82, 2.24) is 4.90 Å². The van der Waals surface area contributed by atoms with Gasteiger partial charge in [-0.25, -0.2) is 0 Å². The Kier molecular flexibility index (Phi) is 6.34. The lowest BCUT2D eigenvalue weighted by molar-refractivity contribution is -0.117. The van der Waals surface area contributed by atoms with Crippen LogP contribution in [0.25, 0.3) is 0 Å². The Labute approximate surface area is 183 Å². The molecule has 166 valence electrons. The summed E-state index contributed by atoms with van der Waals surface area (Å²) >= 11 is 0. The van der Waals surface area contributed by atoms with Gasteiger partial charge in [-0.05, 0) is 17.7 Å². The van der Waals surface area contributed by atoms with Crippen LogP contribution in [-0.2, 0) is 17.6 Å². The third-order valence-corrected chi connectivity index (χ3v) is 6.16. The summed E-state index contributed by atoms with van der Waals surface area (Å²) in [5.74, 6) is 1.88. The van der Waals surface area contributed by atoms with E-state index in [0.29, 0.717) is 18.1 Å². The molecule has 2 aliphatic rings. The molecular weight excluding hydrogens is 394 g/mol. The molecule has 1 atom stereocenters. The second-order valence-corrected chi connectivity index (χ2v) is 8.56. The van der Waals surface area contributed by atoms with Crippen molar-refractivity contribution in [2.24, 2.45) is 11.5 Å². The van der Waals surface area contributed by atoms with Crippen LogP contribution in [0.1, 0.15) is 24.0 Å². The van der Waals surface area contributed by atoms with Crippen molar-refractivity contribution < 1.29 is 19.0 Å². The number of ether oxygens (including phenoxy) is 3. The Balaban J connectivity index is 1.28. The summed E-state index contributed by atoms with van der Waals surface area (Å²) in [4.78, 5) is 13.7. The first kappa shape index (κ1) is 21.5. The Morgan fingerprint density at radius 3 is 2.71 bits per heavy atom. The average Bonchev–Trinajstić information content (AvgIpc) is 3.12. The summed E-state index contributed by atoms with van der Waals surface area (Å²) in [6, 6.07) is 13.5. The molecule has 4 rings (SSSR count). The van der Waals surface area contributed by atoms with E-state index in [1.165, 1.54) is 5.56 Å². The molecule has 2 heterocycles. The lowest BCUT2D eigenvalue weighted by atomic mass is 9.87. The highest BCUT2D eigenvalue weighted by Gasteiger charge is 2.41. The number of carbonyl (C=O) groups is 1. The zero-order valence-corrected chi connectivity index (χ0v) is 18.0. The molecule has 31 heavy (non-hydrogen) atoms. The first-order valence-electron chi connectivity index (χ1n) is 10.8. The van der Waals surface area contributed by atoms with Crippen LogP contribution in [0.4, 0.5) is 0 Å². The van der Waals surface area contributed by atoms with Gasteiger partial charge in [-0.3, -0.25) is 4.79 Å². The quantitative estimate of drug-likeness (QED) is 0.670. The van der Waals surface area contributed by atoms with E-state index in [9.17, 15) is 4.79 Å². The van der Waals surface area contributed by atoms with Crippen LogP contribution in [0, 0.1) is 0 Å². The summed E-state index contributed by atoms with van der Waals surface area (Å²) in [7, 11) is 1.59. The van der Waals surface area contributed by atoms with Crippen molar-refractivity contribution in [3.8, 4) is 17.2 Å². The minimum absolute atomic E-state index is 0.0644. The van der Waals surface area contributed by atoms with Crippen LogP contribution in [0.3, 0.4) is 0 Å². The molecule has 0 aromatic heterocycles. The maximum absolute atomic E-state index is 11.3. The summed E-state index contributed by atoms with van der Waals surface area (Å²) in [6.07, 6.45) is 3.09. The van der Waals surface area contributed by atoms with Gasteiger partial charge in [-0.2, -0.15) is 0 Å². The molecule has 2 aliphatic heterocycles. The number of hydrogen-bond donors (Lipinski definition) is 2. The minimum Gasteiger partial charge on any atom is -0.497 e. The normalized spacial score (nSPS) is 18.3. The third-order valence-electron chi connectivity index (χ3n) is 6.16. The predicted octanol–water partition coefficient (Wildman–Crippen LogP) is 1.90. The molecule has 1 saturated heterocycles. The van der Waals surface area contributed by atoms with E-state index in [1.54, 1.807) is 25.3 Å². The van der Waals surface area contributed by atoms with Gasteiger partial charge in [0.1, 0.15) is 29.5 Å². The van der Waals surface area contributed by atoms with Gasteiger partial charge in [-0.15, -0.1) is 0 Å². The van der Waals surface area contributed by atoms with E-state index in [2.05, 4.69) is 23.1 Å². The number of benzene rings is 2. The highest BCUT2D eigenvalue weighted by atomic mass is 16.5. The first-order chi connectivity index (χ1) is 15.0. The number of para-hydroxylation sites is 1. The van der Waals surface area contributed by atoms with Gasteiger partial charge >= 0.3 is 0 Å². The Morgan fingerprint density at radius 2 is 2.00 bits per heavy atom. The van der Waals surface area contributed by atoms with E-state index < -0.39 is 5.91 Å². The molecule has 0 unspecified atom stereocenters. The van der Waals surface area contributed by atoms with Gasteiger partial charge < -0.3 is 30.6 Å². The highest BCUT2D eigenvalue weighted by molar-refractivity contribution is 5.77. The molecule has 0 aliphatic carbocycles. The zero-order chi connectivity index (χ0) is 21.8. The molecule has 4 N–H and O–H groups in total. The summed E-state index contributed by atoms with van der Waals surface area (Å²) in [5, 5.41) is 0. The first-order valence-corrected chi connectivity index (χ1v) is 10.8. The number of amides is 1. The van der Waals surface area contributed by atoms with E-state index in [4.69, 9.17) is 25.7 Å². The number of hydrogen-bond acceptors (Lipinski definition) is 6. The van der Waals surface area contributed by atoms with Crippen molar-refractivity contribution in [2.75, 3.05) is 33.4 Å². The fraction of sp³-hybridized carbons (Fsp3) is 0.458. The molecule has 2 aromatic rings. The molecule has 1 spiro atoms. The molecule has 0 bridgehead atoms. The predicted molar refractivity (Wildman–Crippen MR) is 119 cm³/mol. The second kappa shape index (κ2) is 9.16. The second-order valence-electron chi connectivity index (χ2n) is 8.56. The largest absolute Gasteiger partial charge is 0.497 e. The van der Waals surface area contributed by atoms with E-state index in [0.717, 1.165) is 50.2 Å². The average molecular weight is 426 g/mol. The van der Waals surface area contributed by atoms with Crippen molar-refractivity contribution in [1.29, 1.82) is 0 Å². The number of rotatable bonds is 8.